The number of hydrogen-bond acceptors (Lipinski definition) is 4. The van der Waals surface area contributed by atoms with E-state index in [0.717, 1.165) is 33.5 Å². The summed E-state index contributed by atoms with van der Waals surface area (Å²) in [5.74, 6) is -0.147. The Morgan fingerprint density at radius 3 is 2.77 bits per heavy atom. The molecule has 3 aromatic heterocycles. The molecule has 6 nitrogen and oxygen atoms in total. The summed E-state index contributed by atoms with van der Waals surface area (Å²) in [6.07, 6.45) is 6.97. The van der Waals surface area contributed by atoms with Crippen molar-refractivity contribution in [3.8, 4) is 11.3 Å². The Bertz CT molecular complexity index is 1370. The minimum Gasteiger partial charge on any atom is -0.346 e. The fourth-order valence-corrected chi connectivity index (χ4v) is 3.53. The van der Waals surface area contributed by atoms with Gasteiger partial charge in [-0.25, -0.2) is 9.97 Å². The second-order valence-corrected chi connectivity index (χ2v) is 7.17. The van der Waals surface area contributed by atoms with Crippen LogP contribution in [0.3, 0.4) is 0 Å². The Balaban J connectivity index is 1.50. The number of benzene rings is 2. The van der Waals surface area contributed by atoms with Gasteiger partial charge in [0.2, 0.25) is 0 Å². The summed E-state index contributed by atoms with van der Waals surface area (Å²) in [7, 11) is 0. The number of amides is 1. The van der Waals surface area contributed by atoms with E-state index in [0.29, 0.717) is 12.1 Å². The number of fused-ring (bicyclic) bond motifs is 2. The number of hydrogen-bond donors (Lipinski definition) is 1. The molecule has 0 unspecified atom stereocenters. The van der Waals surface area contributed by atoms with Crippen LogP contribution in [0.5, 0.6) is 0 Å². The molecular weight excluding hydrogens is 374 g/mol. The van der Waals surface area contributed by atoms with E-state index in [1.807, 2.05) is 72.1 Å². The normalized spacial score (nSPS) is 11.1. The molecule has 30 heavy (non-hydrogen) atoms. The summed E-state index contributed by atoms with van der Waals surface area (Å²) in [5.41, 5.74) is 5.97. The van der Waals surface area contributed by atoms with Gasteiger partial charge >= 0.3 is 0 Å². The zero-order chi connectivity index (χ0) is 20.5. The number of carbonyl (C=O) groups excluding carboxylic acids is 1. The number of aromatic nitrogens is 4. The topological polar surface area (TPSA) is 72.2 Å². The molecule has 0 bridgehead atoms. The quantitative estimate of drug-likeness (QED) is 0.497. The van der Waals surface area contributed by atoms with Crippen LogP contribution in [0, 0.1) is 6.92 Å². The Hall–Kier alpha value is -4.06. The minimum absolute atomic E-state index is 0.147. The average Bonchev–Trinajstić information content (AvgIpc) is 3.20. The fourth-order valence-electron chi connectivity index (χ4n) is 3.53. The van der Waals surface area contributed by atoms with Gasteiger partial charge in [-0.05, 0) is 19.1 Å². The SMILES string of the molecule is Cc1ccc(-c2cc(C(=O)NCc3cnc4cnccn34)c3ccccc3n2)cc1. The first-order valence-electron chi connectivity index (χ1n) is 9.70. The summed E-state index contributed by atoms with van der Waals surface area (Å²) in [4.78, 5) is 26.3. The number of nitrogens with one attached hydrogen (secondary N) is 1. The van der Waals surface area contributed by atoms with Crippen LogP contribution in [0.15, 0.2) is 79.4 Å². The van der Waals surface area contributed by atoms with Crippen molar-refractivity contribution in [1.29, 1.82) is 0 Å². The van der Waals surface area contributed by atoms with Crippen molar-refractivity contribution in [2.24, 2.45) is 0 Å². The van der Waals surface area contributed by atoms with E-state index < -0.39 is 0 Å². The molecule has 3 heterocycles. The van der Waals surface area contributed by atoms with E-state index >= 15 is 0 Å². The van der Waals surface area contributed by atoms with Crippen LogP contribution < -0.4 is 5.32 Å². The van der Waals surface area contributed by atoms with Gasteiger partial charge < -0.3 is 5.32 Å². The zero-order valence-electron chi connectivity index (χ0n) is 16.4. The molecule has 1 amide bonds. The number of nitrogens with zero attached hydrogens (tertiary/aromatic N) is 4. The Morgan fingerprint density at radius 1 is 1.07 bits per heavy atom. The zero-order valence-corrected chi connectivity index (χ0v) is 16.4. The molecule has 1 N–H and O–H groups in total. The Kier molecular flexibility index (Phi) is 4.44. The van der Waals surface area contributed by atoms with Gasteiger partial charge in [0.05, 0.1) is 41.4 Å². The highest BCUT2D eigenvalue weighted by molar-refractivity contribution is 6.07. The molecule has 5 aromatic rings. The summed E-state index contributed by atoms with van der Waals surface area (Å²) < 4.78 is 1.91. The van der Waals surface area contributed by atoms with Crippen LogP contribution in [0.4, 0.5) is 0 Å². The summed E-state index contributed by atoms with van der Waals surface area (Å²) in [6, 6.07) is 17.7. The van der Waals surface area contributed by atoms with E-state index in [9.17, 15) is 4.79 Å². The van der Waals surface area contributed by atoms with Crippen molar-refractivity contribution in [2.75, 3.05) is 0 Å². The second-order valence-electron chi connectivity index (χ2n) is 7.17. The highest BCUT2D eigenvalue weighted by Gasteiger charge is 2.14. The number of carbonyl (C=O) groups is 1. The lowest BCUT2D eigenvalue weighted by Gasteiger charge is -2.11. The Labute approximate surface area is 173 Å². The maximum atomic E-state index is 13.1. The van der Waals surface area contributed by atoms with E-state index in [2.05, 4.69) is 15.3 Å². The van der Waals surface area contributed by atoms with E-state index in [4.69, 9.17) is 4.98 Å². The molecule has 146 valence electrons. The lowest BCUT2D eigenvalue weighted by atomic mass is 10.0. The average molecular weight is 393 g/mol. The first-order valence-corrected chi connectivity index (χ1v) is 9.70. The van der Waals surface area contributed by atoms with Crippen LogP contribution in [-0.2, 0) is 6.54 Å². The van der Waals surface area contributed by atoms with Crippen LogP contribution in [0.2, 0.25) is 0 Å². The molecule has 0 radical (unpaired) electrons. The van der Waals surface area contributed by atoms with Crippen LogP contribution >= 0.6 is 0 Å². The molecule has 6 heteroatoms. The maximum absolute atomic E-state index is 13.1. The van der Waals surface area contributed by atoms with Gasteiger partial charge in [-0.1, -0.05) is 48.0 Å². The molecule has 0 fully saturated rings. The van der Waals surface area contributed by atoms with Gasteiger partial charge in [0.15, 0.2) is 5.65 Å². The van der Waals surface area contributed by atoms with Gasteiger partial charge in [-0.3, -0.25) is 14.2 Å². The summed E-state index contributed by atoms with van der Waals surface area (Å²) >= 11 is 0. The van der Waals surface area contributed by atoms with Gasteiger partial charge in [-0.15, -0.1) is 0 Å². The highest BCUT2D eigenvalue weighted by Crippen LogP contribution is 2.25. The van der Waals surface area contributed by atoms with E-state index in [-0.39, 0.29) is 5.91 Å². The van der Waals surface area contributed by atoms with Crippen LogP contribution in [0.1, 0.15) is 21.6 Å². The number of para-hydroxylation sites is 1. The van der Waals surface area contributed by atoms with Crippen molar-refractivity contribution >= 4 is 22.5 Å². The predicted octanol–water partition coefficient (Wildman–Crippen LogP) is 4.18. The molecule has 5 rings (SSSR count). The van der Waals surface area contributed by atoms with Gasteiger partial charge in [0.1, 0.15) is 0 Å². The first kappa shape index (κ1) is 18.0. The molecule has 0 saturated carbocycles. The van der Waals surface area contributed by atoms with Crippen molar-refractivity contribution < 1.29 is 4.79 Å². The smallest absolute Gasteiger partial charge is 0.252 e. The first-order chi connectivity index (χ1) is 14.7. The van der Waals surface area contributed by atoms with Crippen molar-refractivity contribution in [2.45, 2.75) is 13.5 Å². The largest absolute Gasteiger partial charge is 0.346 e. The van der Waals surface area contributed by atoms with Gasteiger partial charge in [0.25, 0.3) is 5.91 Å². The third kappa shape index (κ3) is 3.28. The van der Waals surface area contributed by atoms with Crippen LogP contribution in [0.25, 0.3) is 27.8 Å². The number of imidazole rings is 1. The van der Waals surface area contributed by atoms with Crippen LogP contribution in [-0.4, -0.2) is 25.3 Å². The van der Waals surface area contributed by atoms with Crippen molar-refractivity contribution in [3.63, 3.8) is 0 Å². The molecule has 0 saturated heterocycles. The van der Waals surface area contributed by atoms with Crippen molar-refractivity contribution in [3.05, 3.63) is 96.2 Å². The van der Waals surface area contributed by atoms with E-state index in [1.54, 1.807) is 18.6 Å². The molecule has 0 atom stereocenters. The Morgan fingerprint density at radius 2 is 1.90 bits per heavy atom. The predicted molar refractivity (Wildman–Crippen MR) is 116 cm³/mol. The molecule has 2 aromatic carbocycles. The third-order valence-corrected chi connectivity index (χ3v) is 5.13. The minimum atomic E-state index is -0.147. The lowest BCUT2D eigenvalue weighted by Crippen LogP contribution is -2.24. The second kappa shape index (κ2) is 7.40. The van der Waals surface area contributed by atoms with Gasteiger partial charge in [-0.2, -0.15) is 0 Å². The maximum Gasteiger partial charge on any atom is 0.252 e. The van der Waals surface area contributed by atoms with Crippen molar-refractivity contribution in [1.82, 2.24) is 24.7 Å². The molecular formula is C24H19N5O. The summed E-state index contributed by atoms with van der Waals surface area (Å²) in [6.45, 7) is 2.41. The third-order valence-electron chi connectivity index (χ3n) is 5.13. The molecule has 0 aliphatic rings. The van der Waals surface area contributed by atoms with E-state index in [1.165, 1.54) is 5.56 Å². The molecule has 0 aliphatic heterocycles. The monoisotopic (exact) mass is 393 g/mol. The highest BCUT2D eigenvalue weighted by atomic mass is 16.1. The molecule has 0 aliphatic carbocycles. The number of pyridine rings is 1. The molecule has 0 spiro atoms. The number of rotatable bonds is 4. The summed E-state index contributed by atoms with van der Waals surface area (Å²) in [5, 5.41) is 3.85. The fraction of sp³-hybridized carbons (Fsp3) is 0.0833. The lowest BCUT2D eigenvalue weighted by molar-refractivity contribution is 0.0952. The standard InChI is InChI=1S/C24H19N5O/c1-16-6-8-17(9-7-16)22-12-20(19-4-2-3-5-21(19)28-22)24(30)27-14-18-13-26-23-15-25-10-11-29(18)23/h2-13,15H,14H2,1H3,(H,27,30). The van der Waals surface area contributed by atoms with Gasteiger partial charge in [0, 0.05) is 23.3 Å². The number of aryl methyl sites for hydroxylation is 1.